The fourth-order valence-electron chi connectivity index (χ4n) is 5.53. The first-order chi connectivity index (χ1) is 20.4. The highest BCUT2D eigenvalue weighted by molar-refractivity contribution is 6.64. The number of carbonyl (C=O) groups excluding carboxylic acids is 3. The third kappa shape index (κ3) is 5.28. The standard InChI is InChI=1S/C27H25B8N3O6/c1-36-21(40)19(5-3-11-39)37-13-18-17(22(37)41)4-2-6-20(18)44-14-16-9-7-15(8-10-16)12-38-26(33,34)24(30,31)23(28,29)25(32,42)27(38,35)43/h2,4,6-11,19,42-43H,3,5,12-14H2,1H3,(H,36,40). The smallest absolute Gasteiger partial charge is 0.255 e. The fraction of sp³-hybridized carbons (Fsp3) is 0.444. The summed E-state index contributed by atoms with van der Waals surface area (Å²) in [5.41, 5.74) is -3.56. The molecule has 3 unspecified atom stereocenters. The van der Waals surface area contributed by atoms with Crippen LogP contribution in [0.2, 0.25) is 10.4 Å². The largest absolute Gasteiger partial charge is 0.489 e. The lowest BCUT2D eigenvalue weighted by Gasteiger charge is -2.75. The van der Waals surface area contributed by atoms with Crippen LogP contribution < -0.4 is 10.1 Å². The molecule has 9 nitrogen and oxygen atoms in total. The van der Waals surface area contributed by atoms with E-state index in [0.717, 1.165) is 10.5 Å². The molecule has 0 spiro atoms. The van der Waals surface area contributed by atoms with Gasteiger partial charge in [-0.05, 0) is 29.7 Å². The summed E-state index contributed by atoms with van der Waals surface area (Å²) in [6.45, 7) is -0.0346. The second kappa shape index (κ2) is 11.9. The number of aldehydes is 1. The van der Waals surface area contributed by atoms with Gasteiger partial charge < -0.3 is 30.0 Å². The number of nitrogens with zero attached hydrogens (tertiary/aromatic N) is 2. The molecule has 0 bridgehead atoms. The molecule has 0 saturated carbocycles. The number of nitrogens with one attached hydrogen (secondary N) is 1. The van der Waals surface area contributed by atoms with Crippen molar-refractivity contribution in [1.29, 1.82) is 0 Å². The Morgan fingerprint density at radius 1 is 1.00 bits per heavy atom. The number of ether oxygens (including phenoxy) is 1. The Labute approximate surface area is 267 Å². The van der Waals surface area contributed by atoms with E-state index in [2.05, 4.69) is 5.32 Å². The molecule has 2 aliphatic rings. The van der Waals surface area contributed by atoms with Crippen LogP contribution in [0.3, 0.4) is 0 Å². The van der Waals surface area contributed by atoms with Crippen molar-refractivity contribution in [3.63, 3.8) is 0 Å². The lowest BCUT2D eigenvalue weighted by molar-refractivity contribution is -0.192. The summed E-state index contributed by atoms with van der Waals surface area (Å²) in [6.07, 6.45) is 1.03. The van der Waals surface area contributed by atoms with Gasteiger partial charge in [-0.3, -0.25) is 14.5 Å². The predicted molar refractivity (Wildman–Crippen MR) is 170 cm³/mol. The highest BCUT2D eigenvalue weighted by Crippen LogP contribution is 2.62. The summed E-state index contributed by atoms with van der Waals surface area (Å²) < 4.78 is 6.06. The van der Waals surface area contributed by atoms with Gasteiger partial charge in [0.15, 0.2) is 0 Å². The van der Waals surface area contributed by atoms with Gasteiger partial charge in [0.2, 0.25) is 5.91 Å². The van der Waals surface area contributed by atoms with Gasteiger partial charge in [0, 0.05) is 36.6 Å². The van der Waals surface area contributed by atoms with E-state index in [9.17, 15) is 24.6 Å². The van der Waals surface area contributed by atoms with E-state index in [1.165, 1.54) is 11.9 Å². The van der Waals surface area contributed by atoms with Gasteiger partial charge >= 0.3 is 0 Å². The van der Waals surface area contributed by atoms with E-state index in [1.54, 1.807) is 42.5 Å². The molecule has 44 heavy (non-hydrogen) atoms. The average Bonchev–Trinajstić information content (AvgIpc) is 3.30. The van der Waals surface area contributed by atoms with Crippen molar-refractivity contribution in [3.8, 4) is 5.75 Å². The third-order valence-corrected chi connectivity index (χ3v) is 8.59. The Hall–Kier alpha value is -2.75. The van der Waals surface area contributed by atoms with E-state index >= 15 is 0 Å². The molecule has 4 rings (SSSR count). The van der Waals surface area contributed by atoms with E-state index in [1.807, 2.05) is 0 Å². The maximum atomic E-state index is 13.2. The Kier molecular flexibility index (Phi) is 9.21. The van der Waals surface area contributed by atoms with Gasteiger partial charge in [-0.2, -0.15) is 0 Å². The number of hydrogen-bond acceptors (Lipinski definition) is 7. The zero-order valence-corrected chi connectivity index (χ0v) is 24.3. The zero-order chi connectivity index (χ0) is 32.9. The monoisotopic (exact) mass is 575 g/mol. The van der Waals surface area contributed by atoms with Crippen molar-refractivity contribution in [1.82, 2.24) is 15.1 Å². The Morgan fingerprint density at radius 2 is 1.61 bits per heavy atom. The topological polar surface area (TPSA) is 119 Å². The summed E-state index contributed by atoms with van der Waals surface area (Å²) in [4.78, 5) is 38.8. The SMILES string of the molecule is [B]C1([B])N(Cc2ccc(COc3cccc4c3CN(C(CCC=O)C(=O)NC)C4=O)cc2)C([B])(O)C([B])(O)C([B])([B])C1([B])[B]. The summed E-state index contributed by atoms with van der Waals surface area (Å²) in [7, 11) is 49.6. The predicted octanol–water partition coefficient (Wildman–Crippen LogP) is -2.30. The summed E-state index contributed by atoms with van der Waals surface area (Å²) in [5.74, 6) is -0.227. The van der Waals surface area contributed by atoms with Crippen LogP contribution in [0.1, 0.15) is 39.9 Å². The molecule has 1 saturated heterocycles. The Morgan fingerprint density at radius 3 is 2.20 bits per heavy atom. The van der Waals surface area contributed by atoms with Crippen molar-refractivity contribution in [2.45, 2.75) is 65.5 Å². The van der Waals surface area contributed by atoms with Crippen LogP contribution in [-0.2, 0) is 29.3 Å². The zero-order valence-electron chi connectivity index (χ0n) is 24.3. The Balaban J connectivity index is 1.50. The van der Waals surface area contributed by atoms with Gasteiger partial charge in [0.25, 0.3) is 5.91 Å². The molecule has 2 aromatic carbocycles. The van der Waals surface area contributed by atoms with Crippen LogP contribution in [0, 0.1) is 0 Å². The van der Waals surface area contributed by atoms with Gasteiger partial charge in [-0.25, -0.2) is 0 Å². The number of aliphatic hydroxyl groups is 2. The number of carbonyl (C=O) groups is 3. The van der Waals surface area contributed by atoms with Gasteiger partial charge in [-0.15, -0.1) is 5.21 Å². The molecule has 208 valence electrons. The molecule has 0 aliphatic carbocycles. The third-order valence-electron chi connectivity index (χ3n) is 8.59. The van der Waals surface area contributed by atoms with Gasteiger partial charge in [0.1, 0.15) is 40.4 Å². The first kappa shape index (κ1) is 34.1. The molecule has 0 aromatic heterocycles. The van der Waals surface area contributed by atoms with Crippen LogP contribution in [-0.4, -0.2) is 130 Å². The summed E-state index contributed by atoms with van der Waals surface area (Å²) in [5, 5.41) is 17.0. The number of fused-ring (bicyclic) bond motifs is 1. The molecule has 1 fully saturated rings. The minimum Gasteiger partial charge on any atom is -0.489 e. The second-order valence-electron chi connectivity index (χ2n) is 11.3. The first-order valence-electron chi connectivity index (χ1n) is 13.7. The maximum absolute atomic E-state index is 13.2. The number of hydrogen-bond donors (Lipinski definition) is 3. The lowest BCUT2D eigenvalue weighted by Crippen LogP contribution is -2.84. The van der Waals surface area contributed by atoms with Gasteiger partial charge in [-0.1, -0.05) is 40.9 Å². The Bertz CT molecular complexity index is 1410. The van der Waals surface area contributed by atoms with E-state index in [0.29, 0.717) is 28.7 Å². The molecule has 3 atom stereocenters. The van der Waals surface area contributed by atoms with Crippen molar-refractivity contribution in [2.24, 2.45) is 0 Å². The van der Waals surface area contributed by atoms with Crippen molar-refractivity contribution in [2.75, 3.05) is 7.05 Å². The molecular weight excluding hydrogens is 549 g/mol. The lowest BCUT2D eigenvalue weighted by atomic mass is 9.12. The van der Waals surface area contributed by atoms with E-state index < -0.39 is 32.9 Å². The normalized spacial score (nSPS) is 26.0. The second-order valence-corrected chi connectivity index (χ2v) is 11.3. The number of likely N-dealkylation sites (tertiary alicyclic amines) is 1. The number of benzene rings is 2. The number of rotatable bonds is 10. The van der Waals surface area contributed by atoms with E-state index in [-0.39, 0.29) is 44.4 Å². The maximum Gasteiger partial charge on any atom is 0.255 e. The molecule has 16 radical (unpaired) electrons. The van der Waals surface area contributed by atoms with Crippen LogP contribution in [0.5, 0.6) is 5.75 Å². The van der Waals surface area contributed by atoms with Crippen LogP contribution in [0.4, 0.5) is 0 Å². The van der Waals surface area contributed by atoms with Crippen molar-refractivity contribution in [3.05, 3.63) is 64.7 Å². The minimum atomic E-state index is -2.96. The van der Waals surface area contributed by atoms with E-state index in [4.69, 9.17) is 67.5 Å². The highest BCUT2D eigenvalue weighted by atomic mass is 16.5. The van der Waals surface area contributed by atoms with Crippen molar-refractivity contribution < 1.29 is 29.3 Å². The molecule has 2 amide bonds. The highest BCUT2D eigenvalue weighted by Gasteiger charge is 2.67. The quantitative estimate of drug-likeness (QED) is 0.216. The van der Waals surface area contributed by atoms with Crippen LogP contribution in [0.25, 0.3) is 0 Å². The van der Waals surface area contributed by atoms with Gasteiger partial charge in [0.05, 0.1) is 59.2 Å². The number of piperidine rings is 1. The number of amides is 2. The molecule has 2 heterocycles. The average molecular weight is 574 g/mol. The molecule has 2 aliphatic heterocycles. The van der Waals surface area contributed by atoms with Crippen molar-refractivity contribution >= 4 is 80.9 Å². The minimum absolute atomic E-state index is 0.108. The molecule has 17 heteroatoms. The fourth-order valence-corrected chi connectivity index (χ4v) is 5.53. The molecule has 2 aromatic rings. The van der Waals surface area contributed by atoms with Crippen LogP contribution >= 0.6 is 0 Å². The summed E-state index contributed by atoms with van der Waals surface area (Å²) >= 11 is 0. The van der Waals surface area contributed by atoms with Crippen LogP contribution in [0.15, 0.2) is 42.5 Å². The first-order valence-corrected chi connectivity index (χ1v) is 13.7. The number of likely N-dealkylation sites (N-methyl/N-ethyl adjacent to an activating group) is 1. The molecular formula is C27H25B8N3O6. The molecule has 3 N–H and O–H groups in total. The summed E-state index contributed by atoms with van der Waals surface area (Å²) in [6, 6.07) is 11.0.